The smallest absolute Gasteiger partial charge is 0.274 e. The Morgan fingerprint density at radius 2 is 2.12 bits per heavy atom. The van der Waals surface area contributed by atoms with Crippen LogP contribution in [0.1, 0.15) is 35.6 Å². The molecule has 0 aliphatic rings. The van der Waals surface area contributed by atoms with Crippen LogP contribution < -0.4 is 10.1 Å². The number of phenolic OH excluding ortho intramolecular Hbond substituents is 1. The molecule has 0 fully saturated rings. The first kappa shape index (κ1) is 16.8. The monoisotopic (exact) mass is 339 g/mol. The SMILES string of the molecule is CCOc1cccn2c(C(=O)Nc3ccc(O)cc3C)c(CC)nc12. The van der Waals surface area contributed by atoms with Gasteiger partial charge in [-0.05, 0) is 56.2 Å². The van der Waals surface area contributed by atoms with Crippen LogP contribution in [0, 0.1) is 6.92 Å². The molecule has 25 heavy (non-hydrogen) atoms. The Morgan fingerprint density at radius 3 is 2.80 bits per heavy atom. The minimum absolute atomic E-state index is 0.168. The van der Waals surface area contributed by atoms with E-state index >= 15 is 0 Å². The molecule has 1 aromatic carbocycles. The van der Waals surface area contributed by atoms with E-state index in [0.29, 0.717) is 41.5 Å². The number of hydrogen-bond donors (Lipinski definition) is 2. The maximum absolute atomic E-state index is 12.9. The van der Waals surface area contributed by atoms with Crippen LogP contribution in [0.15, 0.2) is 36.5 Å². The van der Waals surface area contributed by atoms with Gasteiger partial charge in [0.25, 0.3) is 5.91 Å². The Kier molecular flexibility index (Phi) is 4.61. The third kappa shape index (κ3) is 3.15. The topological polar surface area (TPSA) is 75.9 Å². The van der Waals surface area contributed by atoms with E-state index in [1.807, 2.05) is 39.1 Å². The van der Waals surface area contributed by atoms with Crippen LogP contribution in [0.25, 0.3) is 5.65 Å². The molecule has 0 saturated carbocycles. The first-order chi connectivity index (χ1) is 12.0. The van der Waals surface area contributed by atoms with Crippen LogP contribution in [-0.2, 0) is 6.42 Å². The predicted molar refractivity (Wildman–Crippen MR) is 96.5 cm³/mol. The van der Waals surface area contributed by atoms with Gasteiger partial charge in [0.15, 0.2) is 11.4 Å². The second-order valence-electron chi connectivity index (χ2n) is 5.71. The molecule has 0 spiro atoms. The number of anilines is 1. The predicted octanol–water partition coefficient (Wildman–Crippen LogP) is 3.56. The van der Waals surface area contributed by atoms with Gasteiger partial charge >= 0.3 is 0 Å². The molecule has 0 bridgehead atoms. The van der Waals surface area contributed by atoms with Crippen molar-refractivity contribution < 1.29 is 14.6 Å². The molecule has 0 radical (unpaired) electrons. The standard InChI is InChI=1S/C19H21N3O3/c1-4-14-17(19(24)21-15-9-8-13(23)11-12(15)3)22-10-6-7-16(25-5-2)18(22)20-14/h6-11,23H,4-5H2,1-3H3,(H,21,24). The van der Waals surface area contributed by atoms with E-state index in [0.717, 1.165) is 5.56 Å². The molecule has 2 aromatic heterocycles. The number of aromatic hydroxyl groups is 1. The molecule has 2 N–H and O–H groups in total. The normalized spacial score (nSPS) is 10.8. The number of nitrogens with one attached hydrogen (secondary N) is 1. The van der Waals surface area contributed by atoms with Gasteiger partial charge < -0.3 is 15.2 Å². The lowest BCUT2D eigenvalue weighted by Crippen LogP contribution is -2.17. The third-order valence-corrected chi connectivity index (χ3v) is 3.99. The summed E-state index contributed by atoms with van der Waals surface area (Å²) in [6.07, 6.45) is 2.44. The number of carbonyl (C=O) groups excluding carboxylic acids is 1. The lowest BCUT2D eigenvalue weighted by atomic mass is 10.1. The maximum Gasteiger partial charge on any atom is 0.274 e. The van der Waals surface area contributed by atoms with Crippen LogP contribution in [-0.4, -0.2) is 27.0 Å². The van der Waals surface area contributed by atoms with E-state index in [-0.39, 0.29) is 11.7 Å². The van der Waals surface area contributed by atoms with E-state index < -0.39 is 0 Å². The molecule has 0 unspecified atom stereocenters. The first-order valence-corrected chi connectivity index (χ1v) is 8.28. The highest BCUT2D eigenvalue weighted by molar-refractivity contribution is 6.05. The van der Waals surface area contributed by atoms with Gasteiger partial charge in [-0.15, -0.1) is 0 Å². The second kappa shape index (κ2) is 6.84. The summed E-state index contributed by atoms with van der Waals surface area (Å²) in [5, 5.41) is 12.4. The molecule has 1 amide bonds. The number of aryl methyl sites for hydroxylation is 2. The maximum atomic E-state index is 12.9. The number of nitrogens with zero attached hydrogens (tertiary/aromatic N) is 2. The van der Waals surface area contributed by atoms with Crippen molar-refractivity contribution in [3.05, 3.63) is 53.5 Å². The van der Waals surface area contributed by atoms with Gasteiger partial charge in [0.05, 0.1) is 12.3 Å². The molecule has 6 heteroatoms. The number of pyridine rings is 1. The highest BCUT2D eigenvalue weighted by atomic mass is 16.5. The number of carbonyl (C=O) groups is 1. The molecule has 6 nitrogen and oxygen atoms in total. The number of aromatic nitrogens is 2. The van der Waals surface area contributed by atoms with E-state index in [2.05, 4.69) is 10.3 Å². The van der Waals surface area contributed by atoms with E-state index in [1.165, 1.54) is 0 Å². The average molecular weight is 339 g/mol. The number of amides is 1. The third-order valence-electron chi connectivity index (χ3n) is 3.99. The van der Waals surface area contributed by atoms with Crippen LogP contribution in [0.4, 0.5) is 5.69 Å². The Hall–Kier alpha value is -3.02. The Labute approximate surface area is 146 Å². The van der Waals surface area contributed by atoms with E-state index in [1.54, 1.807) is 22.6 Å². The Balaban J connectivity index is 2.04. The van der Waals surface area contributed by atoms with E-state index in [9.17, 15) is 9.90 Å². The number of ether oxygens (including phenoxy) is 1. The van der Waals surface area contributed by atoms with Crippen molar-refractivity contribution in [3.63, 3.8) is 0 Å². The van der Waals surface area contributed by atoms with Crippen LogP contribution >= 0.6 is 0 Å². The fraction of sp³-hybridized carbons (Fsp3) is 0.263. The quantitative estimate of drug-likeness (QED) is 0.697. The summed E-state index contributed by atoms with van der Waals surface area (Å²) in [6, 6.07) is 8.52. The van der Waals surface area contributed by atoms with Gasteiger partial charge in [-0.25, -0.2) is 4.98 Å². The van der Waals surface area contributed by atoms with Crippen molar-refractivity contribution in [3.8, 4) is 11.5 Å². The number of phenols is 1. The molecule has 0 saturated heterocycles. The zero-order valence-corrected chi connectivity index (χ0v) is 14.5. The van der Waals surface area contributed by atoms with Crippen LogP contribution in [0.2, 0.25) is 0 Å². The first-order valence-electron chi connectivity index (χ1n) is 8.28. The van der Waals surface area contributed by atoms with Gasteiger partial charge in [-0.2, -0.15) is 0 Å². The zero-order chi connectivity index (χ0) is 18.0. The number of rotatable bonds is 5. The average Bonchev–Trinajstić information content (AvgIpc) is 2.97. The van der Waals surface area contributed by atoms with E-state index in [4.69, 9.17) is 4.74 Å². The summed E-state index contributed by atoms with van der Waals surface area (Å²) in [4.78, 5) is 17.5. The van der Waals surface area contributed by atoms with Crippen molar-refractivity contribution in [1.82, 2.24) is 9.38 Å². The lowest BCUT2D eigenvalue weighted by molar-refractivity contribution is 0.102. The Bertz CT molecular complexity index is 931. The summed E-state index contributed by atoms with van der Waals surface area (Å²) in [6.45, 7) is 6.24. The van der Waals surface area contributed by atoms with Crippen LogP contribution in [0.5, 0.6) is 11.5 Å². The molecule has 2 heterocycles. The molecular weight excluding hydrogens is 318 g/mol. The van der Waals surface area contributed by atoms with Crippen molar-refractivity contribution in [1.29, 1.82) is 0 Å². The fourth-order valence-corrected chi connectivity index (χ4v) is 2.81. The van der Waals surface area contributed by atoms with Crippen molar-refractivity contribution >= 4 is 17.2 Å². The molecule has 130 valence electrons. The minimum atomic E-state index is -0.244. The largest absolute Gasteiger partial charge is 0.508 e. The zero-order valence-electron chi connectivity index (χ0n) is 14.5. The van der Waals surface area contributed by atoms with Gasteiger partial charge in [0.2, 0.25) is 0 Å². The molecule has 0 aliphatic heterocycles. The lowest BCUT2D eigenvalue weighted by Gasteiger charge is -2.10. The Morgan fingerprint density at radius 1 is 1.32 bits per heavy atom. The summed E-state index contributed by atoms with van der Waals surface area (Å²) >= 11 is 0. The number of benzene rings is 1. The molecule has 3 aromatic rings. The molecule has 0 aliphatic carbocycles. The van der Waals surface area contributed by atoms with Crippen molar-refractivity contribution in [2.45, 2.75) is 27.2 Å². The summed E-state index contributed by atoms with van der Waals surface area (Å²) in [5.41, 5.74) is 3.28. The van der Waals surface area contributed by atoms with Gasteiger partial charge in [-0.1, -0.05) is 6.92 Å². The molecule has 0 atom stereocenters. The van der Waals surface area contributed by atoms with Gasteiger partial charge in [0, 0.05) is 11.9 Å². The van der Waals surface area contributed by atoms with Gasteiger partial charge in [-0.3, -0.25) is 9.20 Å². The van der Waals surface area contributed by atoms with Crippen LogP contribution in [0.3, 0.4) is 0 Å². The second-order valence-corrected chi connectivity index (χ2v) is 5.71. The highest BCUT2D eigenvalue weighted by Gasteiger charge is 2.20. The van der Waals surface area contributed by atoms with Gasteiger partial charge in [0.1, 0.15) is 11.4 Å². The van der Waals surface area contributed by atoms with Crippen molar-refractivity contribution in [2.75, 3.05) is 11.9 Å². The highest BCUT2D eigenvalue weighted by Crippen LogP contribution is 2.25. The minimum Gasteiger partial charge on any atom is -0.508 e. The number of fused-ring (bicyclic) bond motifs is 1. The number of imidazole rings is 1. The summed E-state index contributed by atoms with van der Waals surface area (Å²) in [7, 11) is 0. The summed E-state index contributed by atoms with van der Waals surface area (Å²) < 4.78 is 7.38. The van der Waals surface area contributed by atoms with Crippen molar-refractivity contribution in [2.24, 2.45) is 0 Å². The fourth-order valence-electron chi connectivity index (χ4n) is 2.81. The molecular formula is C19H21N3O3. The summed E-state index contributed by atoms with van der Waals surface area (Å²) in [5.74, 6) is 0.576. The number of hydrogen-bond acceptors (Lipinski definition) is 4. The molecule has 3 rings (SSSR count).